The SMILES string of the molecule is N#Cc1ccc(Sc2ccc(C(=O)O)cc2C(F)(F)F)cc1. The quantitative estimate of drug-likeness (QED) is 0.908. The molecule has 0 aromatic heterocycles. The van der Waals surface area contributed by atoms with Crippen LogP contribution < -0.4 is 0 Å². The number of aromatic carboxylic acids is 1. The molecule has 0 fully saturated rings. The predicted octanol–water partition coefficient (Wildman–Crippen LogP) is 4.43. The average Bonchev–Trinajstić information content (AvgIpc) is 2.47. The van der Waals surface area contributed by atoms with Crippen LogP contribution in [0.1, 0.15) is 21.5 Å². The van der Waals surface area contributed by atoms with Crippen LogP contribution in [0.2, 0.25) is 0 Å². The lowest BCUT2D eigenvalue weighted by molar-refractivity contribution is -0.139. The van der Waals surface area contributed by atoms with Crippen LogP contribution >= 0.6 is 11.8 Å². The number of carbonyl (C=O) groups is 1. The Morgan fingerprint density at radius 3 is 2.27 bits per heavy atom. The minimum Gasteiger partial charge on any atom is -0.478 e. The van der Waals surface area contributed by atoms with Crippen LogP contribution in [0.3, 0.4) is 0 Å². The minimum atomic E-state index is -4.65. The van der Waals surface area contributed by atoms with E-state index in [0.29, 0.717) is 16.5 Å². The van der Waals surface area contributed by atoms with E-state index in [9.17, 15) is 18.0 Å². The summed E-state index contributed by atoms with van der Waals surface area (Å²) in [7, 11) is 0. The van der Waals surface area contributed by atoms with Crippen molar-refractivity contribution < 1.29 is 23.1 Å². The molecule has 0 aliphatic carbocycles. The molecule has 0 bridgehead atoms. The molecule has 3 nitrogen and oxygen atoms in total. The summed E-state index contributed by atoms with van der Waals surface area (Å²) in [5, 5.41) is 17.5. The van der Waals surface area contributed by atoms with E-state index in [1.165, 1.54) is 24.3 Å². The van der Waals surface area contributed by atoms with E-state index in [1.807, 2.05) is 6.07 Å². The van der Waals surface area contributed by atoms with Gasteiger partial charge in [0.25, 0.3) is 0 Å². The molecule has 2 aromatic carbocycles. The summed E-state index contributed by atoms with van der Waals surface area (Å²) in [4.78, 5) is 11.2. The van der Waals surface area contributed by atoms with E-state index in [-0.39, 0.29) is 4.90 Å². The molecule has 0 saturated carbocycles. The monoisotopic (exact) mass is 323 g/mol. The summed E-state index contributed by atoms with van der Waals surface area (Å²) in [6, 6.07) is 10.9. The summed E-state index contributed by atoms with van der Waals surface area (Å²) in [6.45, 7) is 0. The van der Waals surface area contributed by atoms with Crippen molar-refractivity contribution in [3.8, 4) is 6.07 Å². The summed E-state index contributed by atoms with van der Waals surface area (Å²) in [6.07, 6.45) is -4.65. The Morgan fingerprint density at radius 2 is 1.77 bits per heavy atom. The van der Waals surface area contributed by atoms with Gasteiger partial charge in [-0.05, 0) is 42.5 Å². The van der Waals surface area contributed by atoms with Gasteiger partial charge in [0.05, 0.1) is 22.8 Å². The third kappa shape index (κ3) is 3.59. The minimum absolute atomic E-state index is 0.0952. The molecule has 2 rings (SSSR count). The van der Waals surface area contributed by atoms with E-state index < -0.39 is 23.3 Å². The van der Waals surface area contributed by atoms with Crippen LogP contribution in [0.25, 0.3) is 0 Å². The van der Waals surface area contributed by atoms with Gasteiger partial charge in [0.2, 0.25) is 0 Å². The lowest BCUT2D eigenvalue weighted by Gasteiger charge is -2.13. The smallest absolute Gasteiger partial charge is 0.417 e. The molecule has 0 heterocycles. The van der Waals surface area contributed by atoms with E-state index in [0.717, 1.165) is 23.9 Å². The third-order valence-electron chi connectivity index (χ3n) is 2.74. The maximum atomic E-state index is 13.1. The van der Waals surface area contributed by atoms with Gasteiger partial charge in [-0.1, -0.05) is 11.8 Å². The lowest BCUT2D eigenvalue weighted by atomic mass is 10.1. The number of carboxylic acid groups (broad SMARTS) is 1. The molecular weight excluding hydrogens is 315 g/mol. The van der Waals surface area contributed by atoms with E-state index in [2.05, 4.69) is 0 Å². The molecule has 1 N–H and O–H groups in total. The van der Waals surface area contributed by atoms with Crippen LogP contribution in [0.15, 0.2) is 52.3 Å². The second-order valence-corrected chi connectivity index (χ2v) is 5.37. The third-order valence-corrected chi connectivity index (χ3v) is 3.83. The van der Waals surface area contributed by atoms with Gasteiger partial charge in [-0.25, -0.2) is 4.79 Å². The highest BCUT2D eigenvalue weighted by molar-refractivity contribution is 7.99. The standard InChI is InChI=1S/C15H8F3NO2S/c16-15(17,18)12-7-10(14(20)21)3-6-13(12)22-11-4-1-9(8-19)2-5-11/h1-7H,(H,20,21). The number of benzene rings is 2. The molecule has 0 atom stereocenters. The number of carboxylic acids is 1. The number of hydrogen-bond donors (Lipinski definition) is 1. The van der Waals surface area contributed by atoms with Crippen LogP contribution in [0, 0.1) is 11.3 Å². The molecule has 2 aromatic rings. The highest BCUT2D eigenvalue weighted by Gasteiger charge is 2.34. The number of alkyl halides is 3. The van der Waals surface area contributed by atoms with Crippen LogP contribution in [0.5, 0.6) is 0 Å². The van der Waals surface area contributed by atoms with Crippen molar-refractivity contribution in [2.24, 2.45) is 0 Å². The predicted molar refractivity (Wildman–Crippen MR) is 73.7 cm³/mol. The molecule has 0 aliphatic heterocycles. The Labute approximate surface area is 128 Å². The Kier molecular flexibility index (Phi) is 4.43. The number of nitrogens with zero attached hydrogens (tertiary/aromatic N) is 1. The fourth-order valence-electron chi connectivity index (χ4n) is 1.70. The first kappa shape index (κ1) is 15.9. The van der Waals surface area contributed by atoms with Crippen LogP contribution in [-0.4, -0.2) is 11.1 Å². The molecule has 7 heteroatoms. The van der Waals surface area contributed by atoms with Gasteiger partial charge in [0, 0.05) is 9.79 Å². The Hall–Kier alpha value is -2.46. The van der Waals surface area contributed by atoms with Crippen LogP contribution in [-0.2, 0) is 6.18 Å². The van der Waals surface area contributed by atoms with Crippen molar-refractivity contribution >= 4 is 17.7 Å². The number of halogens is 3. The maximum Gasteiger partial charge on any atom is 0.417 e. The van der Waals surface area contributed by atoms with Gasteiger partial charge >= 0.3 is 12.1 Å². The van der Waals surface area contributed by atoms with Gasteiger partial charge in [-0.15, -0.1) is 0 Å². The molecule has 0 saturated heterocycles. The van der Waals surface area contributed by atoms with Crippen LogP contribution in [0.4, 0.5) is 13.2 Å². The number of hydrogen-bond acceptors (Lipinski definition) is 3. The number of rotatable bonds is 3. The molecule has 0 aliphatic rings. The Balaban J connectivity index is 2.41. The van der Waals surface area contributed by atoms with Gasteiger partial charge < -0.3 is 5.11 Å². The summed E-state index contributed by atoms with van der Waals surface area (Å²) < 4.78 is 39.2. The summed E-state index contributed by atoms with van der Waals surface area (Å²) in [5.74, 6) is -1.42. The molecule has 22 heavy (non-hydrogen) atoms. The number of nitriles is 1. The second-order valence-electron chi connectivity index (χ2n) is 4.25. The first-order valence-corrected chi connectivity index (χ1v) is 6.75. The average molecular weight is 323 g/mol. The molecule has 0 radical (unpaired) electrons. The Morgan fingerprint density at radius 1 is 1.14 bits per heavy atom. The van der Waals surface area contributed by atoms with Crippen molar-refractivity contribution in [3.05, 3.63) is 59.2 Å². The molecule has 0 spiro atoms. The van der Waals surface area contributed by atoms with E-state index in [1.54, 1.807) is 0 Å². The van der Waals surface area contributed by atoms with Crippen molar-refractivity contribution in [1.29, 1.82) is 5.26 Å². The highest BCUT2D eigenvalue weighted by atomic mass is 32.2. The van der Waals surface area contributed by atoms with Gasteiger partial charge in [-0.2, -0.15) is 18.4 Å². The van der Waals surface area contributed by atoms with Crippen molar-refractivity contribution in [2.45, 2.75) is 16.0 Å². The Bertz CT molecular complexity index is 749. The van der Waals surface area contributed by atoms with Crippen molar-refractivity contribution in [3.63, 3.8) is 0 Å². The molecule has 0 unspecified atom stereocenters. The van der Waals surface area contributed by atoms with Gasteiger partial charge in [0.15, 0.2) is 0 Å². The lowest BCUT2D eigenvalue weighted by Crippen LogP contribution is -2.09. The first-order chi connectivity index (χ1) is 10.3. The highest BCUT2D eigenvalue weighted by Crippen LogP contribution is 2.40. The van der Waals surface area contributed by atoms with Crippen molar-refractivity contribution in [1.82, 2.24) is 0 Å². The first-order valence-electron chi connectivity index (χ1n) is 5.94. The second kappa shape index (κ2) is 6.12. The normalized spacial score (nSPS) is 11.0. The van der Waals surface area contributed by atoms with Crippen molar-refractivity contribution in [2.75, 3.05) is 0 Å². The summed E-state index contributed by atoms with van der Waals surface area (Å²) in [5.41, 5.74) is -1.01. The topological polar surface area (TPSA) is 61.1 Å². The summed E-state index contributed by atoms with van der Waals surface area (Å²) >= 11 is 0.858. The molecule has 112 valence electrons. The molecular formula is C15H8F3NO2S. The van der Waals surface area contributed by atoms with Gasteiger partial charge in [-0.3, -0.25) is 0 Å². The zero-order chi connectivity index (χ0) is 16.3. The van der Waals surface area contributed by atoms with E-state index >= 15 is 0 Å². The van der Waals surface area contributed by atoms with E-state index in [4.69, 9.17) is 10.4 Å². The fraction of sp³-hybridized carbons (Fsp3) is 0.0667. The molecule has 0 amide bonds. The fourth-order valence-corrected chi connectivity index (χ4v) is 2.64. The maximum absolute atomic E-state index is 13.1. The zero-order valence-electron chi connectivity index (χ0n) is 10.9. The zero-order valence-corrected chi connectivity index (χ0v) is 11.7. The van der Waals surface area contributed by atoms with Gasteiger partial charge in [0.1, 0.15) is 0 Å². The largest absolute Gasteiger partial charge is 0.478 e.